The lowest BCUT2D eigenvalue weighted by Crippen LogP contribution is -2.27. The average molecular weight is 278 g/mol. The third-order valence-corrected chi connectivity index (χ3v) is 3.09. The van der Waals surface area contributed by atoms with E-state index in [0.29, 0.717) is 6.54 Å². The van der Waals surface area contributed by atoms with Crippen LogP contribution in [0.3, 0.4) is 0 Å². The Hall–Kier alpha value is -0.0900. The Bertz CT molecular complexity index is 315. The molecule has 4 heteroatoms. The largest absolute Gasteiger partial charge is 0.329 e. The number of likely N-dealkylation sites (N-methyl/N-ethyl adjacent to an activating group) is 1. The van der Waals surface area contributed by atoms with Gasteiger partial charge in [-0.15, -0.1) is 0 Å². The van der Waals surface area contributed by atoms with E-state index in [1.807, 2.05) is 32.3 Å². The highest BCUT2D eigenvalue weighted by Gasteiger charge is 2.14. The molecule has 0 heterocycles. The first-order valence-corrected chi connectivity index (χ1v) is 5.54. The molecule has 0 saturated carbocycles. The maximum absolute atomic E-state index is 5.87. The van der Waals surface area contributed by atoms with Gasteiger partial charge in [0.05, 0.1) is 0 Å². The summed E-state index contributed by atoms with van der Waals surface area (Å²) in [5, 5.41) is 0.732. The van der Waals surface area contributed by atoms with Gasteiger partial charge in [-0.1, -0.05) is 33.6 Å². The van der Waals surface area contributed by atoms with Crippen molar-refractivity contribution in [1.29, 1.82) is 0 Å². The van der Waals surface area contributed by atoms with E-state index in [9.17, 15) is 0 Å². The molecule has 0 saturated heterocycles. The van der Waals surface area contributed by atoms with Crippen molar-refractivity contribution in [3.05, 3.63) is 33.3 Å². The minimum Gasteiger partial charge on any atom is -0.329 e. The van der Waals surface area contributed by atoms with E-state index in [1.54, 1.807) is 0 Å². The standard InChI is InChI=1S/C10H14BrClN2/c1-14(2)10(6-13)8-4-3-7(12)5-9(8)11/h3-5,10H,6,13H2,1-2H3. The second-order valence-electron chi connectivity index (χ2n) is 3.38. The van der Waals surface area contributed by atoms with Gasteiger partial charge in [0.25, 0.3) is 0 Å². The quantitative estimate of drug-likeness (QED) is 0.920. The number of hydrogen-bond acceptors (Lipinski definition) is 2. The Kier molecular flexibility index (Phi) is 4.38. The van der Waals surface area contributed by atoms with Crippen LogP contribution < -0.4 is 5.73 Å². The number of nitrogens with zero attached hydrogens (tertiary/aromatic N) is 1. The van der Waals surface area contributed by atoms with Gasteiger partial charge in [-0.3, -0.25) is 0 Å². The van der Waals surface area contributed by atoms with Crippen molar-refractivity contribution in [3.63, 3.8) is 0 Å². The summed E-state index contributed by atoms with van der Waals surface area (Å²) >= 11 is 9.36. The van der Waals surface area contributed by atoms with Crippen molar-refractivity contribution in [3.8, 4) is 0 Å². The van der Waals surface area contributed by atoms with E-state index < -0.39 is 0 Å². The summed E-state index contributed by atoms with van der Waals surface area (Å²) in [6.45, 7) is 0.591. The summed E-state index contributed by atoms with van der Waals surface area (Å²) in [7, 11) is 4.02. The molecule has 1 aromatic carbocycles. The molecule has 0 amide bonds. The summed E-state index contributed by atoms with van der Waals surface area (Å²) in [4.78, 5) is 2.09. The molecule has 1 atom stereocenters. The lowest BCUT2D eigenvalue weighted by molar-refractivity contribution is 0.305. The van der Waals surface area contributed by atoms with E-state index >= 15 is 0 Å². The van der Waals surface area contributed by atoms with E-state index in [1.165, 1.54) is 5.56 Å². The molecule has 2 nitrogen and oxygen atoms in total. The smallest absolute Gasteiger partial charge is 0.0475 e. The fourth-order valence-electron chi connectivity index (χ4n) is 1.39. The molecular weight excluding hydrogens is 263 g/mol. The number of rotatable bonds is 3. The molecule has 0 aromatic heterocycles. The molecule has 1 unspecified atom stereocenters. The van der Waals surface area contributed by atoms with Gasteiger partial charge in [0, 0.05) is 22.1 Å². The van der Waals surface area contributed by atoms with Crippen LogP contribution in [0.15, 0.2) is 22.7 Å². The predicted molar refractivity (Wildman–Crippen MR) is 64.6 cm³/mol. The summed E-state index contributed by atoms with van der Waals surface area (Å²) in [5.74, 6) is 0. The van der Waals surface area contributed by atoms with E-state index in [-0.39, 0.29) is 6.04 Å². The van der Waals surface area contributed by atoms with Crippen LogP contribution in [0.25, 0.3) is 0 Å². The molecule has 78 valence electrons. The first kappa shape index (κ1) is 12.0. The van der Waals surface area contributed by atoms with Gasteiger partial charge in [-0.2, -0.15) is 0 Å². The van der Waals surface area contributed by atoms with Crippen LogP contribution in [0.4, 0.5) is 0 Å². The highest BCUT2D eigenvalue weighted by molar-refractivity contribution is 9.10. The Labute approximate surface area is 98.2 Å². The van der Waals surface area contributed by atoms with Gasteiger partial charge < -0.3 is 10.6 Å². The molecular formula is C10H14BrClN2. The lowest BCUT2D eigenvalue weighted by atomic mass is 10.1. The molecule has 0 aliphatic rings. The van der Waals surface area contributed by atoms with Crippen LogP contribution in [-0.2, 0) is 0 Å². The van der Waals surface area contributed by atoms with Gasteiger partial charge in [-0.25, -0.2) is 0 Å². The maximum atomic E-state index is 5.87. The van der Waals surface area contributed by atoms with Gasteiger partial charge >= 0.3 is 0 Å². The van der Waals surface area contributed by atoms with Gasteiger partial charge in [0.15, 0.2) is 0 Å². The summed E-state index contributed by atoms with van der Waals surface area (Å²) in [5.41, 5.74) is 6.89. The van der Waals surface area contributed by atoms with E-state index in [2.05, 4.69) is 20.8 Å². The van der Waals surface area contributed by atoms with Crippen molar-refractivity contribution < 1.29 is 0 Å². The zero-order valence-corrected chi connectivity index (χ0v) is 10.6. The zero-order valence-electron chi connectivity index (χ0n) is 8.30. The monoisotopic (exact) mass is 276 g/mol. The van der Waals surface area contributed by atoms with Crippen LogP contribution in [0.5, 0.6) is 0 Å². The summed E-state index contributed by atoms with van der Waals surface area (Å²) in [6.07, 6.45) is 0. The topological polar surface area (TPSA) is 29.3 Å². The van der Waals surface area contributed by atoms with Crippen LogP contribution in [0.1, 0.15) is 11.6 Å². The van der Waals surface area contributed by atoms with E-state index in [0.717, 1.165) is 9.50 Å². The van der Waals surface area contributed by atoms with Crippen molar-refractivity contribution in [2.45, 2.75) is 6.04 Å². The van der Waals surface area contributed by atoms with Crippen molar-refractivity contribution >= 4 is 27.5 Å². The first-order valence-electron chi connectivity index (χ1n) is 4.37. The Morgan fingerprint density at radius 1 is 1.50 bits per heavy atom. The molecule has 0 radical (unpaired) electrons. The Morgan fingerprint density at radius 3 is 2.57 bits per heavy atom. The summed E-state index contributed by atoms with van der Waals surface area (Å²) < 4.78 is 1.01. The molecule has 0 spiro atoms. The van der Waals surface area contributed by atoms with Gasteiger partial charge in [-0.05, 0) is 31.8 Å². The number of benzene rings is 1. The number of hydrogen-bond donors (Lipinski definition) is 1. The van der Waals surface area contributed by atoms with Gasteiger partial charge in [0.2, 0.25) is 0 Å². The van der Waals surface area contributed by atoms with Crippen molar-refractivity contribution in [2.24, 2.45) is 5.73 Å². The SMILES string of the molecule is CN(C)C(CN)c1ccc(Cl)cc1Br. The Balaban J connectivity index is 3.04. The molecule has 0 fully saturated rings. The molecule has 0 aliphatic heterocycles. The molecule has 1 rings (SSSR count). The lowest BCUT2D eigenvalue weighted by Gasteiger charge is -2.24. The van der Waals surface area contributed by atoms with Gasteiger partial charge in [0.1, 0.15) is 0 Å². The average Bonchev–Trinajstić information content (AvgIpc) is 2.09. The fourth-order valence-corrected chi connectivity index (χ4v) is 2.33. The second-order valence-corrected chi connectivity index (χ2v) is 4.67. The molecule has 0 aliphatic carbocycles. The molecule has 1 aromatic rings. The fraction of sp³-hybridized carbons (Fsp3) is 0.400. The van der Waals surface area contributed by atoms with Crippen LogP contribution >= 0.6 is 27.5 Å². The zero-order chi connectivity index (χ0) is 10.7. The molecule has 0 bridgehead atoms. The van der Waals surface area contributed by atoms with Crippen LogP contribution in [0, 0.1) is 0 Å². The van der Waals surface area contributed by atoms with Crippen molar-refractivity contribution in [1.82, 2.24) is 4.90 Å². The van der Waals surface area contributed by atoms with Crippen molar-refractivity contribution in [2.75, 3.05) is 20.6 Å². The first-order chi connectivity index (χ1) is 6.56. The van der Waals surface area contributed by atoms with E-state index in [4.69, 9.17) is 17.3 Å². The number of halogens is 2. The minimum atomic E-state index is 0.224. The molecule has 2 N–H and O–H groups in total. The highest BCUT2D eigenvalue weighted by atomic mass is 79.9. The maximum Gasteiger partial charge on any atom is 0.0475 e. The van der Waals surface area contributed by atoms with Crippen LogP contribution in [-0.4, -0.2) is 25.5 Å². The second kappa shape index (κ2) is 5.12. The Morgan fingerprint density at radius 2 is 2.14 bits per heavy atom. The predicted octanol–water partition coefficient (Wildman–Crippen LogP) is 2.66. The normalized spacial score (nSPS) is 13.3. The van der Waals surface area contributed by atoms with Crippen LogP contribution in [0.2, 0.25) is 5.02 Å². The number of nitrogens with two attached hydrogens (primary N) is 1. The molecule has 14 heavy (non-hydrogen) atoms. The third-order valence-electron chi connectivity index (χ3n) is 2.17. The highest BCUT2D eigenvalue weighted by Crippen LogP contribution is 2.28. The minimum absolute atomic E-state index is 0.224. The summed E-state index contributed by atoms with van der Waals surface area (Å²) in [6, 6.07) is 6.00. The third kappa shape index (κ3) is 2.70.